The van der Waals surface area contributed by atoms with Crippen LogP contribution in [0.1, 0.15) is 18.1 Å². The second kappa shape index (κ2) is 9.57. The molecule has 2 aromatic heterocycles. The van der Waals surface area contributed by atoms with E-state index in [-0.39, 0.29) is 11.2 Å². The molecular formula is C24H23N5OS. The van der Waals surface area contributed by atoms with Crippen LogP contribution in [-0.4, -0.2) is 30.9 Å². The molecule has 1 atom stereocenters. The molecule has 2 heterocycles. The summed E-state index contributed by atoms with van der Waals surface area (Å²) in [5, 5.41) is 12.2. The molecule has 0 aliphatic carbocycles. The first-order chi connectivity index (χ1) is 15.1. The largest absolute Gasteiger partial charge is 0.325 e. The molecule has 0 saturated carbocycles. The molecule has 6 nitrogen and oxygen atoms in total. The number of aryl methyl sites for hydroxylation is 1. The number of nitrogens with zero attached hydrogens (tertiary/aromatic N) is 4. The third-order valence-electron chi connectivity index (χ3n) is 4.81. The number of anilines is 1. The van der Waals surface area contributed by atoms with Gasteiger partial charge in [0, 0.05) is 23.6 Å². The minimum atomic E-state index is -0.342. The molecule has 4 rings (SSSR count). The van der Waals surface area contributed by atoms with Crippen LogP contribution in [0.25, 0.3) is 11.4 Å². The van der Waals surface area contributed by atoms with Crippen LogP contribution in [0.4, 0.5) is 5.69 Å². The fraction of sp³-hybridized carbons (Fsp3) is 0.167. The van der Waals surface area contributed by atoms with Gasteiger partial charge in [0.2, 0.25) is 5.91 Å². The highest BCUT2D eigenvalue weighted by Crippen LogP contribution is 2.28. The number of benzene rings is 2. The Morgan fingerprint density at radius 1 is 1.00 bits per heavy atom. The number of hydrogen-bond acceptors (Lipinski definition) is 5. The van der Waals surface area contributed by atoms with Crippen molar-refractivity contribution in [1.29, 1.82) is 0 Å². The number of aromatic nitrogens is 4. The van der Waals surface area contributed by atoms with Gasteiger partial charge in [0.25, 0.3) is 0 Å². The number of rotatable bonds is 7. The van der Waals surface area contributed by atoms with Crippen molar-refractivity contribution in [2.45, 2.75) is 30.8 Å². The maximum absolute atomic E-state index is 12.8. The summed E-state index contributed by atoms with van der Waals surface area (Å²) < 4.78 is 2.05. The van der Waals surface area contributed by atoms with Gasteiger partial charge in [-0.05, 0) is 43.7 Å². The molecule has 1 N–H and O–H groups in total. The van der Waals surface area contributed by atoms with E-state index >= 15 is 0 Å². The molecule has 0 fully saturated rings. The van der Waals surface area contributed by atoms with Crippen LogP contribution >= 0.6 is 11.8 Å². The van der Waals surface area contributed by atoms with E-state index in [1.807, 2.05) is 73.0 Å². The van der Waals surface area contributed by atoms with Crippen LogP contribution in [0.3, 0.4) is 0 Å². The lowest BCUT2D eigenvalue weighted by Gasteiger charge is -2.14. The Morgan fingerprint density at radius 2 is 1.71 bits per heavy atom. The van der Waals surface area contributed by atoms with Crippen molar-refractivity contribution >= 4 is 23.4 Å². The summed E-state index contributed by atoms with van der Waals surface area (Å²) >= 11 is 1.40. The summed E-state index contributed by atoms with van der Waals surface area (Å²) in [5.41, 5.74) is 4.00. The predicted octanol–water partition coefficient (Wildman–Crippen LogP) is 4.82. The zero-order valence-corrected chi connectivity index (χ0v) is 18.2. The van der Waals surface area contributed by atoms with Gasteiger partial charge in [0.15, 0.2) is 11.0 Å². The van der Waals surface area contributed by atoms with Crippen LogP contribution in [0.2, 0.25) is 0 Å². The van der Waals surface area contributed by atoms with Gasteiger partial charge < -0.3 is 5.32 Å². The molecule has 0 radical (unpaired) electrons. The molecule has 0 saturated heterocycles. The number of pyridine rings is 1. The van der Waals surface area contributed by atoms with Gasteiger partial charge in [-0.2, -0.15) is 0 Å². The number of carbonyl (C=O) groups excluding carboxylic acids is 1. The monoisotopic (exact) mass is 429 g/mol. The first-order valence-electron chi connectivity index (χ1n) is 10.0. The van der Waals surface area contributed by atoms with Crippen molar-refractivity contribution < 1.29 is 4.79 Å². The van der Waals surface area contributed by atoms with E-state index in [1.54, 1.807) is 12.4 Å². The van der Waals surface area contributed by atoms with E-state index in [0.717, 1.165) is 28.2 Å². The third kappa shape index (κ3) is 5.19. The molecule has 0 bridgehead atoms. The zero-order valence-electron chi connectivity index (χ0n) is 17.4. The molecule has 0 aliphatic heterocycles. The molecule has 156 valence electrons. The fourth-order valence-electron chi connectivity index (χ4n) is 3.09. The van der Waals surface area contributed by atoms with Crippen LogP contribution < -0.4 is 5.32 Å². The van der Waals surface area contributed by atoms with Crippen molar-refractivity contribution in [2.24, 2.45) is 0 Å². The summed E-state index contributed by atoms with van der Waals surface area (Å²) in [6, 6.07) is 21.7. The Bertz CT molecular complexity index is 1140. The Morgan fingerprint density at radius 3 is 2.42 bits per heavy atom. The van der Waals surface area contributed by atoms with E-state index in [9.17, 15) is 4.79 Å². The summed E-state index contributed by atoms with van der Waals surface area (Å²) in [6.07, 6.45) is 3.47. The molecule has 7 heteroatoms. The van der Waals surface area contributed by atoms with Gasteiger partial charge in [-0.15, -0.1) is 10.2 Å². The zero-order chi connectivity index (χ0) is 21.6. The number of hydrogen-bond donors (Lipinski definition) is 1. The van der Waals surface area contributed by atoms with Gasteiger partial charge in [-0.25, -0.2) is 0 Å². The quantitative estimate of drug-likeness (QED) is 0.427. The Balaban J connectivity index is 1.57. The van der Waals surface area contributed by atoms with Gasteiger partial charge >= 0.3 is 0 Å². The van der Waals surface area contributed by atoms with E-state index in [0.29, 0.717) is 11.7 Å². The summed E-state index contributed by atoms with van der Waals surface area (Å²) in [4.78, 5) is 16.8. The normalized spacial score (nSPS) is 11.8. The molecule has 1 amide bonds. The SMILES string of the molecule is Cc1ccc(NC(=O)C(C)Sc2nnc(-c3ccncc3)n2Cc2ccccc2)cc1. The lowest BCUT2D eigenvalue weighted by atomic mass is 10.2. The maximum atomic E-state index is 12.8. The van der Waals surface area contributed by atoms with E-state index < -0.39 is 0 Å². The molecule has 0 spiro atoms. The smallest absolute Gasteiger partial charge is 0.237 e. The topological polar surface area (TPSA) is 72.7 Å². The minimum absolute atomic E-state index is 0.0754. The number of thioether (sulfide) groups is 1. The summed E-state index contributed by atoms with van der Waals surface area (Å²) in [5.74, 6) is 0.675. The molecule has 4 aromatic rings. The van der Waals surface area contributed by atoms with Crippen LogP contribution in [0.15, 0.2) is 84.3 Å². The van der Waals surface area contributed by atoms with Crippen LogP contribution in [-0.2, 0) is 11.3 Å². The summed E-state index contributed by atoms with van der Waals surface area (Å²) in [6.45, 7) is 4.51. The first-order valence-corrected chi connectivity index (χ1v) is 10.9. The minimum Gasteiger partial charge on any atom is -0.325 e. The van der Waals surface area contributed by atoms with E-state index in [1.165, 1.54) is 11.8 Å². The highest BCUT2D eigenvalue weighted by Gasteiger charge is 2.21. The molecule has 2 aromatic carbocycles. The maximum Gasteiger partial charge on any atom is 0.237 e. The van der Waals surface area contributed by atoms with Crippen LogP contribution in [0.5, 0.6) is 0 Å². The van der Waals surface area contributed by atoms with E-state index in [2.05, 4.69) is 32.6 Å². The van der Waals surface area contributed by atoms with Gasteiger partial charge in [0.1, 0.15) is 0 Å². The van der Waals surface area contributed by atoms with Crippen molar-refractivity contribution in [3.63, 3.8) is 0 Å². The highest BCUT2D eigenvalue weighted by molar-refractivity contribution is 8.00. The molecule has 0 aliphatic rings. The second-order valence-corrected chi connectivity index (χ2v) is 8.54. The predicted molar refractivity (Wildman–Crippen MR) is 124 cm³/mol. The van der Waals surface area contributed by atoms with Crippen molar-refractivity contribution in [3.05, 3.63) is 90.3 Å². The Labute approximate surface area is 185 Å². The highest BCUT2D eigenvalue weighted by atomic mass is 32.2. The first kappa shape index (κ1) is 20.8. The lowest BCUT2D eigenvalue weighted by molar-refractivity contribution is -0.115. The van der Waals surface area contributed by atoms with Crippen molar-refractivity contribution in [3.8, 4) is 11.4 Å². The standard InChI is InChI=1S/C24H23N5OS/c1-17-8-10-21(11-9-17)26-23(30)18(2)31-24-28-27-22(20-12-14-25-15-13-20)29(24)16-19-6-4-3-5-7-19/h3-15,18H,16H2,1-2H3,(H,26,30). The van der Waals surface area contributed by atoms with E-state index in [4.69, 9.17) is 0 Å². The average molecular weight is 430 g/mol. The number of nitrogens with one attached hydrogen (secondary N) is 1. The molecular weight excluding hydrogens is 406 g/mol. The molecule has 1 unspecified atom stereocenters. The molecule has 31 heavy (non-hydrogen) atoms. The van der Waals surface area contributed by atoms with Gasteiger partial charge in [-0.3, -0.25) is 14.3 Å². The third-order valence-corrected chi connectivity index (χ3v) is 5.89. The number of amides is 1. The van der Waals surface area contributed by atoms with Gasteiger partial charge in [-0.1, -0.05) is 59.8 Å². The second-order valence-electron chi connectivity index (χ2n) is 7.23. The average Bonchev–Trinajstić information content (AvgIpc) is 3.18. The van der Waals surface area contributed by atoms with Crippen LogP contribution in [0, 0.1) is 6.92 Å². The Kier molecular flexibility index (Phi) is 6.43. The summed E-state index contributed by atoms with van der Waals surface area (Å²) in [7, 11) is 0. The Hall–Kier alpha value is -3.45. The lowest BCUT2D eigenvalue weighted by Crippen LogP contribution is -2.23. The number of carbonyl (C=O) groups is 1. The van der Waals surface area contributed by atoms with Crippen molar-refractivity contribution in [2.75, 3.05) is 5.32 Å². The van der Waals surface area contributed by atoms with Gasteiger partial charge in [0.05, 0.1) is 11.8 Å². The fourth-order valence-corrected chi connectivity index (χ4v) is 3.94. The van der Waals surface area contributed by atoms with Crippen molar-refractivity contribution in [1.82, 2.24) is 19.7 Å².